The molecule has 3 rings (SSSR count). The molecule has 18 heavy (non-hydrogen) atoms. The summed E-state index contributed by atoms with van der Waals surface area (Å²) in [6, 6.07) is 11.7. The summed E-state index contributed by atoms with van der Waals surface area (Å²) in [6.45, 7) is 1.24. The topological polar surface area (TPSA) is 57.4 Å². The molecule has 2 aromatic rings. The van der Waals surface area contributed by atoms with Crippen LogP contribution in [0.5, 0.6) is 0 Å². The van der Waals surface area contributed by atoms with E-state index in [1.165, 1.54) is 0 Å². The van der Waals surface area contributed by atoms with Gasteiger partial charge in [0, 0.05) is 11.9 Å². The van der Waals surface area contributed by atoms with E-state index in [0.29, 0.717) is 13.2 Å². The van der Waals surface area contributed by atoms with Gasteiger partial charge in [-0.2, -0.15) is 0 Å². The number of anilines is 1. The smallest absolute Gasteiger partial charge is 0.201 e. The molecule has 0 radical (unpaired) electrons. The number of nitrogen functional groups attached to an aromatic ring is 1. The number of pyridine rings is 1. The lowest BCUT2D eigenvalue weighted by Crippen LogP contribution is -2.01. The zero-order valence-corrected chi connectivity index (χ0v) is 9.87. The summed E-state index contributed by atoms with van der Waals surface area (Å²) in [6.07, 6.45) is 1.42. The minimum absolute atomic E-state index is 0.342. The van der Waals surface area contributed by atoms with E-state index in [1.54, 1.807) is 6.20 Å². The molecule has 4 heteroatoms. The lowest BCUT2D eigenvalue weighted by atomic mass is 10.1. The number of ether oxygens (including phenoxy) is 2. The number of aromatic nitrogens is 1. The van der Waals surface area contributed by atoms with Crippen LogP contribution in [-0.2, 0) is 9.47 Å². The van der Waals surface area contributed by atoms with Crippen LogP contribution in [0.2, 0.25) is 0 Å². The van der Waals surface area contributed by atoms with Crippen molar-refractivity contribution in [3.8, 4) is 11.1 Å². The van der Waals surface area contributed by atoms with Gasteiger partial charge >= 0.3 is 0 Å². The molecule has 0 aliphatic carbocycles. The molecule has 0 atom stereocenters. The Hall–Kier alpha value is -1.91. The molecule has 1 fully saturated rings. The first-order valence-corrected chi connectivity index (χ1v) is 5.88. The third-order valence-electron chi connectivity index (χ3n) is 2.86. The monoisotopic (exact) mass is 242 g/mol. The molecule has 1 aromatic heterocycles. The third-order valence-corrected chi connectivity index (χ3v) is 2.86. The first-order valence-electron chi connectivity index (χ1n) is 5.88. The predicted octanol–water partition coefficient (Wildman–Crippen LogP) is 2.38. The van der Waals surface area contributed by atoms with Crippen LogP contribution in [0.25, 0.3) is 11.1 Å². The van der Waals surface area contributed by atoms with Gasteiger partial charge < -0.3 is 15.2 Å². The zero-order chi connectivity index (χ0) is 12.4. The highest BCUT2D eigenvalue weighted by Gasteiger charge is 2.19. The Bertz CT molecular complexity index is 551. The molecule has 1 aliphatic heterocycles. The molecule has 4 nitrogen and oxygen atoms in total. The van der Waals surface area contributed by atoms with Gasteiger partial charge in [-0.3, -0.25) is 4.98 Å². The lowest BCUT2D eigenvalue weighted by molar-refractivity contribution is -0.0472. The van der Waals surface area contributed by atoms with E-state index in [9.17, 15) is 0 Å². The van der Waals surface area contributed by atoms with Crippen LogP contribution in [0, 0.1) is 0 Å². The highest BCUT2D eigenvalue weighted by atomic mass is 16.7. The van der Waals surface area contributed by atoms with Crippen molar-refractivity contribution in [1.29, 1.82) is 0 Å². The quantitative estimate of drug-likeness (QED) is 0.821. The van der Waals surface area contributed by atoms with Crippen molar-refractivity contribution in [2.75, 3.05) is 18.9 Å². The number of rotatable bonds is 2. The van der Waals surface area contributed by atoms with Crippen LogP contribution in [0.1, 0.15) is 12.0 Å². The second-order valence-electron chi connectivity index (χ2n) is 4.17. The average molecular weight is 242 g/mol. The van der Waals surface area contributed by atoms with Crippen molar-refractivity contribution in [2.45, 2.75) is 6.29 Å². The van der Waals surface area contributed by atoms with E-state index in [1.807, 2.05) is 36.4 Å². The summed E-state index contributed by atoms with van der Waals surface area (Å²) in [5.74, 6) is 0. The van der Waals surface area contributed by atoms with Gasteiger partial charge in [0.05, 0.1) is 18.9 Å². The molecule has 1 saturated heterocycles. The summed E-state index contributed by atoms with van der Waals surface area (Å²) in [5.41, 5.74) is 9.47. The zero-order valence-electron chi connectivity index (χ0n) is 9.87. The third kappa shape index (κ3) is 2.20. The van der Waals surface area contributed by atoms with Gasteiger partial charge in [0.1, 0.15) is 0 Å². The maximum absolute atomic E-state index is 5.79. The number of nitrogens with zero attached hydrogens (tertiary/aromatic N) is 1. The van der Waals surface area contributed by atoms with Crippen molar-refractivity contribution < 1.29 is 9.47 Å². The molecule has 0 saturated carbocycles. The molecule has 0 amide bonds. The summed E-state index contributed by atoms with van der Waals surface area (Å²) in [7, 11) is 0. The Labute approximate surface area is 105 Å². The van der Waals surface area contributed by atoms with E-state index in [0.717, 1.165) is 22.5 Å². The normalized spacial score (nSPS) is 16.0. The fraction of sp³-hybridized carbons (Fsp3) is 0.214. The molecular weight excluding hydrogens is 228 g/mol. The Morgan fingerprint density at radius 3 is 2.61 bits per heavy atom. The van der Waals surface area contributed by atoms with Gasteiger partial charge in [-0.25, -0.2) is 0 Å². The SMILES string of the molecule is Nc1cccc(-c2ccnc(C3OCCO3)c2)c1. The molecule has 2 N–H and O–H groups in total. The van der Waals surface area contributed by atoms with Crippen LogP contribution in [-0.4, -0.2) is 18.2 Å². The molecule has 92 valence electrons. The van der Waals surface area contributed by atoms with Crippen molar-refractivity contribution in [3.05, 3.63) is 48.3 Å². The van der Waals surface area contributed by atoms with Crippen molar-refractivity contribution in [2.24, 2.45) is 0 Å². The molecule has 1 aromatic carbocycles. The second kappa shape index (κ2) is 4.76. The van der Waals surface area contributed by atoms with E-state index < -0.39 is 0 Å². The fourth-order valence-corrected chi connectivity index (χ4v) is 2.00. The van der Waals surface area contributed by atoms with Gasteiger partial charge in [0.15, 0.2) is 0 Å². The lowest BCUT2D eigenvalue weighted by Gasteiger charge is -2.10. The van der Waals surface area contributed by atoms with E-state index in [2.05, 4.69) is 4.98 Å². The minimum atomic E-state index is -0.342. The largest absolute Gasteiger partial charge is 0.399 e. The molecule has 2 heterocycles. The van der Waals surface area contributed by atoms with Crippen LogP contribution in [0.4, 0.5) is 5.69 Å². The van der Waals surface area contributed by atoms with Gasteiger partial charge in [-0.05, 0) is 35.4 Å². The molecule has 0 bridgehead atoms. The van der Waals surface area contributed by atoms with E-state index in [-0.39, 0.29) is 6.29 Å². The van der Waals surface area contributed by atoms with Crippen LogP contribution < -0.4 is 5.73 Å². The maximum atomic E-state index is 5.79. The van der Waals surface area contributed by atoms with Gasteiger partial charge in [-0.1, -0.05) is 12.1 Å². The number of hydrogen-bond donors (Lipinski definition) is 1. The van der Waals surface area contributed by atoms with Gasteiger partial charge in [-0.15, -0.1) is 0 Å². The fourth-order valence-electron chi connectivity index (χ4n) is 2.00. The second-order valence-corrected chi connectivity index (χ2v) is 4.17. The Balaban J connectivity index is 1.95. The van der Waals surface area contributed by atoms with Gasteiger partial charge in [0.25, 0.3) is 0 Å². The van der Waals surface area contributed by atoms with Crippen LogP contribution >= 0.6 is 0 Å². The van der Waals surface area contributed by atoms with E-state index in [4.69, 9.17) is 15.2 Å². The Morgan fingerprint density at radius 2 is 1.83 bits per heavy atom. The van der Waals surface area contributed by atoms with Crippen molar-refractivity contribution >= 4 is 5.69 Å². The molecular formula is C14H14N2O2. The molecule has 0 spiro atoms. The van der Waals surface area contributed by atoms with Gasteiger partial charge in [0.2, 0.25) is 6.29 Å². The van der Waals surface area contributed by atoms with Crippen LogP contribution in [0.3, 0.4) is 0 Å². The van der Waals surface area contributed by atoms with E-state index >= 15 is 0 Å². The highest BCUT2D eigenvalue weighted by Crippen LogP contribution is 2.26. The Morgan fingerprint density at radius 1 is 1.06 bits per heavy atom. The highest BCUT2D eigenvalue weighted by molar-refractivity contribution is 5.67. The number of nitrogens with two attached hydrogens (primary N) is 1. The minimum Gasteiger partial charge on any atom is -0.399 e. The average Bonchev–Trinajstić information content (AvgIpc) is 2.93. The Kier molecular flexibility index (Phi) is 2.96. The first-order chi connectivity index (χ1) is 8.83. The molecule has 1 aliphatic rings. The summed E-state index contributed by atoms with van der Waals surface area (Å²) in [4.78, 5) is 4.29. The first kappa shape index (κ1) is 11.2. The maximum Gasteiger partial charge on any atom is 0.201 e. The number of benzene rings is 1. The van der Waals surface area contributed by atoms with Crippen molar-refractivity contribution in [1.82, 2.24) is 4.98 Å². The van der Waals surface area contributed by atoms with Crippen molar-refractivity contribution in [3.63, 3.8) is 0 Å². The summed E-state index contributed by atoms with van der Waals surface area (Å²) < 4.78 is 10.9. The molecule has 0 unspecified atom stereocenters. The van der Waals surface area contributed by atoms with Crippen LogP contribution in [0.15, 0.2) is 42.6 Å². The summed E-state index contributed by atoms with van der Waals surface area (Å²) in [5, 5.41) is 0. The predicted molar refractivity (Wildman–Crippen MR) is 68.7 cm³/mol. The number of hydrogen-bond acceptors (Lipinski definition) is 4. The standard InChI is InChI=1S/C14H14N2O2/c15-12-3-1-2-10(8-12)11-4-5-16-13(9-11)14-17-6-7-18-14/h1-5,8-9,14H,6-7,15H2. The summed E-state index contributed by atoms with van der Waals surface area (Å²) >= 11 is 0.